The Balaban J connectivity index is 2.21. The fourth-order valence-corrected chi connectivity index (χ4v) is 2.24. The maximum atomic E-state index is 13.5. The van der Waals surface area contributed by atoms with E-state index in [1.807, 2.05) is 6.92 Å². The van der Waals surface area contributed by atoms with Gasteiger partial charge in [-0.2, -0.15) is 0 Å². The minimum atomic E-state index is -0.423. The van der Waals surface area contributed by atoms with Gasteiger partial charge >= 0.3 is 0 Å². The van der Waals surface area contributed by atoms with Crippen LogP contribution in [0.4, 0.5) is 4.39 Å². The van der Waals surface area contributed by atoms with Crippen LogP contribution in [0.25, 0.3) is 0 Å². The third-order valence-corrected chi connectivity index (χ3v) is 3.22. The first kappa shape index (κ1) is 12.0. The number of rotatable bonds is 2. The number of benzene rings is 1. The third kappa shape index (κ3) is 3.02. The van der Waals surface area contributed by atoms with Gasteiger partial charge in [0.2, 0.25) is 0 Å². The van der Waals surface area contributed by atoms with E-state index in [4.69, 9.17) is 0 Å². The Morgan fingerprint density at radius 1 is 1.24 bits per heavy atom. The minimum Gasteiger partial charge on any atom is -0.289 e. The van der Waals surface area contributed by atoms with Crippen LogP contribution in [0, 0.1) is 12.7 Å². The summed E-state index contributed by atoms with van der Waals surface area (Å²) in [4.78, 5) is 12.0. The fourth-order valence-electron chi connectivity index (χ4n) is 2.24. The van der Waals surface area contributed by atoms with Gasteiger partial charge in [0, 0.05) is 0 Å². The molecule has 1 saturated carbocycles. The molecule has 2 heteroatoms. The second-order valence-electron chi connectivity index (χ2n) is 4.71. The number of halogens is 1. The number of carbonyl (C=O) groups is 1. The lowest BCUT2D eigenvalue weighted by Crippen LogP contribution is -2.03. The molecule has 90 valence electrons. The Bertz CT molecular complexity index is 452. The van der Waals surface area contributed by atoms with Crippen molar-refractivity contribution in [2.24, 2.45) is 0 Å². The Morgan fingerprint density at radius 2 is 1.94 bits per heavy atom. The SMILES string of the molecule is Cc1ccc(F)c(C(=O)C=C2CCCCC2)c1. The predicted octanol–water partition coefficient (Wildman–Crippen LogP) is 4.21. The normalized spacial score (nSPS) is 15.8. The average Bonchev–Trinajstić information content (AvgIpc) is 2.33. The first-order valence-corrected chi connectivity index (χ1v) is 6.17. The van der Waals surface area contributed by atoms with Gasteiger partial charge in [0.05, 0.1) is 5.56 Å². The van der Waals surface area contributed by atoms with Crippen LogP contribution in [0.2, 0.25) is 0 Å². The molecule has 1 aromatic carbocycles. The van der Waals surface area contributed by atoms with Gasteiger partial charge in [-0.3, -0.25) is 4.79 Å². The molecule has 1 nitrogen and oxygen atoms in total. The number of carbonyl (C=O) groups excluding carboxylic acids is 1. The quantitative estimate of drug-likeness (QED) is 0.551. The highest BCUT2D eigenvalue weighted by Crippen LogP contribution is 2.23. The zero-order valence-electron chi connectivity index (χ0n) is 10.1. The van der Waals surface area contributed by atoms with Gasteiger partial charge in [-0.05, 0) is 50.8 Å². The van der Waals surface area contributed by atoms with E-state index in [2.05, 4.69) is 0 Å². The largest absolute Gasteiger partial charge is 0.289 e. The van der Waals surface area contributed by atoms with Crippen LogP contribution < -0.4 is 0 Å². The average molecular weight is 232 g/mol. The van der Waals surface area contributed by atoms with E-state index >= 15 is 0 Å². The molecule has 0 atom stereocenters. The zero-order chi connectivity index (χ0) is 12.3. The summed E-state index contributed by atoms with van der Waals surface area (Å²) < 4.78 is 13.5. The Hall–Kier alpha value is -1.44. The van der Waals surface area contributed by atoms with Gasteiger partial charge in [-0.25, -0.2) is 4.39 Å². The molecule has 1 fully saturated rings. The van der Waals surface area contributed by atoms with E-state index in [1.54, 1.807) is 18.2 Å². The molecule has 0 heterocycles. The molecular weight excluding hydrogens is 215 g/mol. The van der Waals surface area contributed by atoms with Gasteiger partial charge < -0.3 is 0 Å². The maximum Gasteiger partial charge on any atom is 0.188 e. The summed E-state index contributed by atoms with van der Waals surface area (Å²) in [5, 5.41) is 0. The third-order valence-electron chi connectivity index (χ3n) is 3.22. The van der Waals surface area contributed by atoms with Crippen molar-refractivity contribution < 1.29 is 9.18 Å². The molecule has 0 amide bonds. The van der Waals surface area contributed by atoms with Crippen molar-refractivity contribution in [1.29, 1.82) is 0 Å². The summed E-state index contributed by atoms with van der Waals surface area (Å²) in [6, 6.07) is 4.67. The van der Waals surface area contributed by atoms with E-state index < -0.39 is 5.82 Å². The van der Waals surface area contributed by atoms with Gasteiger partial charge in [0.1, 0.15) is 5.82 Å². The van der Waals surface area contributed by atoms with E-state index in [9.17, 15) is 9.18 Å². The molecule has 0 aliphatic heterocycles. The van der Waals surface area contributed by atoms with Crippen molar-refractivity contribution in [3.63, 3.8) is 0 Å². The smallest absolute Gasteiger partial charge is 0.188 e. The maximum absolute atomic E-state index is 13.5. The van der Waals surface area contributed by atoms with Crippen molar-refractivity contribution in [1.82, 2.24) is 0 Å². The van der Waals surface area contributed by atoms with Crippen molar-refractivity contribution in [3.05, 3.63) is 46.8 Å². The molecular formula is C15H17FO. The molecule has 1 aliphatic carbocycles. The van der Waals surface area contributed by atoms with Crippen LogP contribution in [-0.4, -0.2) is 5.78 Å². The molecule has 0 aromatic heterocycles. The lowest BCUT2D eigenvalue weighted by atomic mass is 9.93. The van der Waals surface area contributed by atoms with Crippen LogP contribution >= 0.6 is 0 Å². The van der Waals surface area contributed by atoms with Crippen molar-refractivity contribution in [3.8, 4) is 0 Å². The highest BCUT2D eigenvalue weighted by Gasteiger charge is 2.12. The lowest BCUT2D eigenvalue weighted by Gasteiger charge is -2.13. The Kier molecular flexibility index (Phi) is 3.72. The summed E-state index contributed by atoms with van der Waals surface area (Å²) in [6.07, 6.45) is 7.14. The van der Waals surface area contributed by atoms with Crippen molar-refractivity contribution >= 4 is 5.78 Å². The molecule has 1 aromatic rings. The molecule has 0 spiro atoms. The fraction of sp³-hybridized carbons (Fsp3) is 0.400. The second kappa shape index (κ2) is 5.26. The standard InChI is InChI=1S/C15H17FO/c1-11-7-8-14(16)13(9-11)15(17)10-12-5-3-2-4-6-12/h7-10H,2-6H2,1H3. The zero-order valence-corrected chi connectivity index (χ0v) is 10.1. The summed E-state index contributed by atoms with van der Waals surface area (Å²) in [7, 11) is 0. The van der Waals surface area contributed by atoms with Crippen LogP contribution in [0.5, 0.6) is 0 Å². The van der Waals surface area contributed by atoms with Crippen LogP contribution in [-0.2, 0) is 0 Å². The van der Waals surface area contributed by atoms with Gasteiger partial charge in [0.15, 0.2) is 5.78 Å². The number of hydrogen-bond donors (Lipinski definition) is 0. The number of hydrogen-bond acceptors (Lipinski definition) is 1. The molecule has 0 radical (unpaired) electrons. The molecule has 1 aliphatic rings. The van der Waals surface area contributed by atoms with E-state index in [0.29, 0.717) is 0 Å². The summed E-state index contributed by atoms with van der Waals surface area (Å²) in [5.41, 5.74) is 2.28. The summed E-state index contributed by atoms with van der Waals surface area (Å²) >= 11 is 0. The number of aryl methyl sites for hydroxylation is 1. The molecule has 0 saturated heterocycles. The van der Waals surface area contributed by atoms with Crippen LogP contribution in [0.15, 0.2) is 29.8 Å². The molecule has 0 bridgehead atoms. The number of ketones is 1. The monoisotopic (exact) mass is 232 g/mol. The predicted molar refractivity (Wildman–Crippen MR) is 66.6 cm³/mol. The molecule has 0 N–H and O–H groups in total. The van der Waals surface area contributed by atoms with Crippen LogP contribution in [0.3, 0.4) is 0 Å². The lowest BCUT2D eigenvalue weighted by molar-refractivity contribution is 0.104. The highest BCUT2D eigenvalue weighted by molar-refractivity contribution is 6.05. The topological polar surface area (TPSA) is 17.1 Å². The molecule has 2 rings (SSSR count). The molecule has 17 heavy (non-hydrogen) atoms. The van der Waals surface area contributed by atoms with Gasteiger partial charge in [0.25, 0.3) is 0 Å². The number of allylic oxidation sites excluding steroid dienone is 2. The van der Waals surface area contributed by atoms with E-state index in [-0.39, 0.29) is 11.3 Å². The highest BCUT2D eigenvalue weighted by atomic mass is 19.1. The van der Waals surface area contributed by atoms with E-state index in [1.165, 1.54) is 18.1 Å². The minimum absolute atomic E-state index is 0.192. The second-order valence-corrected chi connectivity index (χ2v) is 4.71. The molecule has 0 unspecified atom stereocenters. The first-order chi connectivity index (χ1) is 8.16. The summed E-state index contributed by atoms with van der Waals surface area (Å²) in [5.74, 6) is -0.614. The van der Waals surface area contributed by atoms with Crippen molar-refractivity contribution in [2.75, 3.05) is 0 Å². The van der Waals surface area contributed by atoms with Gasteiger partial charge in [-0.15, -0.1) is 0 Å². The summed E-state index contributed by atoms with van der Waals surface area (Å²) in [6.45, 7) is 1.87. The van der Waals surface area contributed by atoms with Gasteiger partial charge in [-0.1, -0.05) is 23.6 Å². The van der Waals surface area contributed by atoms with Crippen molar-refractivity contribution in [2.45, 2.75) is 39.0 Å². The Labute approximate surface area is 101 Å². The Morgan fingerprint density at radius 3 is 2.65 bits per heavy atom. The van der Waals surface area contributed by atoms with Crippen LogP contribution in [0.1, 0.15) is 48.0 Å². The first-order valence-electron chi connectivity index (χ1n) is 6.17. The van der Waals surface area contributed by atoms with E-state index in [0.717, 1.165) is 31.2 Å².